The van der Waals surface area contributed by atoms with Gasteiger partial charge >= 0.3 is 6.09 Å². The van der Waals surface area contributed by atoms with Gasteiger partial charge in [-0.05, 0) is 31.0 Å². The van der Waals surface area contributed by atoms with Crippen LogP contribution in [0.2, 0.25) is 0 Å². The van der Waals surface area contributed by atoms with Crippen LogP contribution in [0.1, 0.15) is 39.0 Å². The molecule has 116 valence electrons. The van der Waals surface area contributed by atoms with Gasteiger partial charge < -0.3 is 9.64 Å². The van der Waals surface area contributed by atoms with Crippen LogP contribution in [0, 0.1) is 0 Å². The molecule has 1 aromatic carbocycles. The first kappa shape index (κ1) is 15.7. The molecule has 1 heterocycles. The van der Waals surface area contributed by atoms with E-state index in [1.54, 1.807) is 4.90 Å². The fourth-order valence-electron chi connectivity index (χ4n) is 2.62. The molecule has 0 aliphatic carbocycles. The van der Waals surface area contributed by atoms with Gasteiger partial charge in [0.1, 0.15) is 6.10 Å². The average molecular weight is 290 g/mol. The lowest BCUT2D eigenvalue weighted by atomic mass is 10.1. The highest BCUT2D eigenvalue weighted by Gasteiger charge is 2.31. The quantitative estimate of drug-likeness (QED) is 0.710. The smallest absolute Gasteiger partial charge is 0.414 e. The maximum absolute atomic E-state index is 12.0. The second-order valence-corrected chi connectivity index (χ2v) is 5.88. The minimum Gasteiger partial charge on any atom is -0.444 e. The Morgan fingerprint density at radius 2 is 2.10 bits per heavy atom. The largest absolute Gasteiger partial charge is 0.444 e. The summed E-state index contributed by atoms with van der Waals surface area (Å²) in [5, 5.41) is 0. The molecular weight excluding hydrogens is 264 g/mol. The molecule has 0 bridgehead atoms. The highest BCUT2D eigenvalue weighted by atomic mass is 16.6. The first-order chi connectivity index (χ1) is 10.1. The van der Waals surface area contributed by atoms with Crippen LogP contribution in [0.15, 0.2) is 24.3 Å². The summed E-state index contributed by atoms with van der Waals surface area (Å²) < 4.78 is 5.48. The summed E-state index contributed by atoms with van der Waals surface area (Å²) in [6, 6.07) is 8.01. The third kappa shape index (κ3) is 4.13. The lowest BCUT2D eigenvalue weighted by Gasteiger charge is -2.17. The maximum atomic E-state index is 12.0. The number of amides is 1. The lowest BCUT2D eigenvalue weighted by Crippen LogP contribution is -2.24. The number of hydrogen-bond donors (Lipinski definition) is 0. The van der Waals surface area contributed by atoms with Gasteiger partial charge in [-0.15, -0.1) is 0 Å². The third-order valence-corrected chi connectivity index (χ3v) is 3.91. The van der Waals surface area contributed by atoms with Crippen LogP contribution in [-0.4, -0.2) is 32.8 Å². The standard InChI is InChI=1S/C17H26N2O2/c1-4-5-6-7-11-16-13-19(17(20)21-16)15-10-8-9-14(12-15)18(2)3/h8-10,12,16H,4-7,11,13H2,1-3H3. The molecule has 1 aliphatic heterocycles. The number of carbonyl (C=O) groups excluding carboxylic acids is 1. The Balaban J connectivity index is 1.95. The van der Waals surface area contributed by atoms with Crippen molar-refractivity contribution in [1.82, 2.24) is 0 Å². The van der Waals surface area contributed by atoms with Crippen molar-refractivity contribution >= 4 is 17.5 Å². The summed E-state index contributed by atoms with van der Waals surface area (Å²) in [4.78, 5) is 15.8. The highest BCUT2D eigenvalue weighted by Crippen LogP contribution is 2.27. The highest BCUT2D eigenvalue weighted by molar-refractivity contribution is 5.90. The molecule has 1 amide bonds. The number of rotatable bonds is 7. The fraction of sp³-hybridized carbons (Fsp3) is 0.588. The van der Waals surface area contributed by atoms with Gasteiger partial charge in [-0.2, -0.15) is 0 Å². The van der Waals surface area contributed by atoms with E-state index >= 15 is 0 Å². The van der Waals surface area contributed by atoms with Crippen molar-refractivity contribution in [3.8, 4) is 0 Å². The predicted octanol–water partition coefficient (Wildman–Crippen LogP) is 4.05. The van der Waals surface area contributed by atoms with Gasteiger partial charge in [0.05, 0.1) is 6.54 Å². The summed E-state index contributed by atoms with van der Waals surface area (Å²) in [6.45, 7) is 2.87. The van der Waals surface area contributed by atoms with E-state index < -0.39 is 0 Å². The van der Waals surface area contributed by atoms with E-state index in [-0.39, 0.29) is 12.2 Å². The molecule has 4 heteroatoms. The molecule has 1 fully saturated rings. The maximum Gasteiger partial charge on any atom is 0.414 e. The number of carbonyl (C=O) groups is 1. The Bertz CT molecular complexity index is 474. The van der Waals surface area contributed by atoms with E-state index in [9.17, 15) is 4.79 Å². The zero-order chi connectivity index (χ0) is 15.2. The minimum absolute atomic E-state index is 0.0392. The minimum atomic E-state index is -0.216. The van der Waals surface area contributed by atoms with Gasteiger partial charge in [0.25, 0.3) is 0 Å². The van der Waals surface area contributed by atoms with Crippen LogP contribution >= 0.6 is 0 Å². The summed E-state index contributed by atoms with van der Waals surface area (Å²) in [5.41, 5.74) is 2.01. The summed E-state index contributed by atoms with van der Waals surface area (Å²) >= 11 is 0. The van der Waals surface area contributed by atoms with Crippen molar-refractivity contribution < 1.29 is 9.53 Å². The number of ether oxygens (including phenoxy) is 1. The van der Waals surface area contributed by atoms with Crippen LogP contribution in [0.5, 0.6) is 0 Å². The first-order valence-corrected chi connectivity index (χ1v) is 7.87. The number of benzene rings is 1. The first-order valence-electron chi connectivity index (χ1n) is 7.87. The Morgan fingerprint density at radius 3 is 2.81 bits per heavy atom. The zero-order valence-corrected chi connectivity index (χ0v) is 13.3. The SMILES string of the molecule is CCCCCCC1CN(c2cccc(N(C)C)c2)C(=O)O1. The molecule has 1 atom stereocenters. The van der Waals surface area contributed by atoms with E-state index in [4.69, 9.17) is 4.74 Å². The number of unbranched alkanes of at least 4 members (excludes halogenated alkanes) is 3. The Morgan fingerprint density at radius 1 is 1.29 bits per heavy atom. The fourth-order valence-corrected chi connectivity index (χ4v) is 2.62. The molecule has 1 aromatic rings. The molecule has 0 aromatic heterocycles. The number of anilines is 2. The van der Waals surface area contributed by atoms with Gasteiger partial charge in [-0.3, -0.25) is 4.90 Å². The number of hydrogen-bond acceptors (Lipinski definition) is 3. The molecule has 21 heavy (non-hydrogen) atoms. The van der Waals surface area contributed by atoms with Gasteiger partial charge in [0.2, 0.25) is 0 Å². The molecule has 2 rings (SSSR count). The van der Waals surface area contributed by atoms with E-state index in [0.717, 1.165) is 24.2 Å². The predicted molar refractivity (Wildman–Crippen MR) is 87.1 cm³/mol. The third-order valence-electron chi connectivity index (χ3n) is 3.91. The van der Waals surface area contributed by atoms with Crippen LogP contribution in [0.3, 0.4) is 0 Å². The molecular formula is C17H26N2O2. The molecule has 1 aliphatic rings. The zero-order valence-electron chi connectivity index (χ0n) is 13.3. The summed E-state index contributed by atoms with van der Waals surface area (Å²) in [6.07, 6.45) is 5.64. The van der Waals surface area contributed by atoms with Crippen LogP contribution in [0.4, 0.5) is 16.2 Å². The molecule has 4 nitrogen and oxygen atoms in total. The van der Waals surface area contributed by atoms with Gasteiger partial charge in [-0.25, -0.2) is 4.79 Å². The van der Waals surface area contributed by atoms with Gasteiger partial charge in [0, 0.05) is 25.5 Å². The lowest BCUT2D eigenvalue weighted by molar-refractivity contribution is 0.135. The van der Waals surface area contributed by atoms with Crippen molar-refractivity contribution in [3.63, 3.8) is 0 Å². The molecule has 1 saturated heterocycles. The van der Waals surface area contributed by atoms with Gasteiger partial charge in [0.15, 0.2) is 0 Å². The molecule has 0 radical (unpaired) electrons. The Kier molecular flexibility index (Phi) is 5.48. The second-order valence-electron chi connectivity index (χ2n) is 5.88. The normalized spacial score (nSPS) is 18.0. The van der Waals surface area contributed by atoms with Crippen molar-refractivity contribution in [2.45, 2.75) is 45.1 Å². The van der Waals surface area contributed by atoms with E-state index in [1.807, 2.05) is 43.3 Å². The van der Waals surface area contributed by atoms with Gasteiger partial charge in [-0.1, -0.05) is 32.3 Å². The Labute approximate surface area is 127 Å². The second kappa shape index (κ2) is 7.34. The topological polar surface area (TPSA) is 32.8 Å². The van der Waals surface area contributed by atoms with Crippen molar-refractivity contribution in [1.29, 1.82) is 0 Å². The number of cyclic esters (lactones) is 1. The van der Waals surface area contributed by atoms with Crippen molar-refractivity contribution in [3.05, 3.63) is 24.3 Å². The monoisotopic (exact) mass is 290 g/mol. The van der Waals surface area contributed by atoms with Crippen LogP contribution in [-0.2, 0) is 4.74 Å². The summed E-state index contributed by atoms with van der Waals surface area (Å²) in [5.74, 6) is 0. The van der Waals surface area contributed by atoms with E-state index in [2.05, 4.69) is 6.92 Å². The molecule has 0 saturated carbocycles. The van der Waals surface area contributed by atoms with Crippen LogP contribution < -0.4 is 9.80 Å². The van der Waals surface area contributed by atoms with E-state index in [1.165, 1.54) is 19.3 Å². The average Bonchev–Trinajstić information content (AvgIpc) is 2.85. The number of nitrogens with zero attached hydrogens (tertiary/aromatic N) is 2. The van der Waals surface area contributed by atoms with Crippen molar-refractivity contribution in [2.24, 2.45) is 0 Å². The van der Waals surface area contributed by atoms with Crippen molar-refractivity contribution in [2.75, 3.05) is 30.4 Å². The Hall–Kier alpha value is -1.71. The molecule has 0 N–H and O–H groups in total. The molecule has 1 unspecified atom stereocenters. The molecule has 0 spiro atoms. The van der Waals surface area contributed by atoms with E-state index in [0.29, 0.717) is 6.54 Å². The summed E-state index contributed by atoms with van der Waals surface area (Å²) in [7, 11) is 4.00. The van der Waals surface area contributed by atoms with Crippen LogP contribution in [0.25, 0.3) is 0 Å².